The van der Waals surface area contributed by atoms with E-state index in [2.05, 4.69) is 20.5 Å². The first kappa shape index (κ1) is 24.9. The molecule has 2 saturated carbocycles. The van der Waals surface area contributed by atoms with Gasteiger partial charge in [0.15, 0.2) is 17.5 Å². The molecule has 3 rings (SSSR count). The van der Waals surface area contributed by atoms with Crippen LogP contribution in [0.25, 0.3) is 0 Å². The highest BCUT2D eigenvalue weighted by molar-refractivity contribution is 14.0. The molecule has 2 aliphatic rings. The molecule has 2 aliphatic carbocycles. The van der Waals surface area contributed by atoms with Gasteiger partial charge in [-0.3, -0.25) is 9.89 Å². The number of ether oxygens (including phenoxy) is 2. The van der Waals surface area contributed by atoms with E-state index in [4.69, 9.17) is 9.47 Å². The molecule has 0 bridgehead atoms. The summed E-state index contributed by atoms with van der Waals surface area (Å²) in [6.07, 6.45) is 5.35. The fourth-order valence-electron chi connectivity index (χ4n) is 3.40. The van der Waals surface area contributed by atoms with Gasteiger partial charge in [-0.1, -0.05) is 12.1 Å². The third-order valence-electron chi connectivity index (χ3n) is 5.18. The van der Waals surface area contributed by atoms with E-state index in [-0.39, 0.29) is 29.7 Å². The summed E-state index contributed by atoms with van der Waals surface area (Å²) in [5, 5.41) is 6.50. The maximum Gasteiger partial charge on any atom is 0.387 e. The van der Waals surface area contributed by atoms with Gasteiger partial charge in [0.2, 0.25) is 0 Å². The molecule has 0 aliphatic heterocycles. The van der Waals surface area contributed by atoms with Crippen LogP contribution < -0.4 is 20.1 Å². The number of guanidine groups is 1. The number of nitrogens with zero attached hydrogens (tertiary/aromatic N) is 2. The minimum absolute atomic E-state index is 0. The number of halogens is 3. The van der Waals surface area contributed by atoms with Gasteiger partial charge in [0.1, 0.15) is 0 Å². The monoisotopic (exact) mass is 538 g/mol. The van der Waals surface area contributed by atoms with Crippen LogP contribution in [0, 0.1) is 5.92 Å². The standard InChI is InChI=1S/C21H32F2N4O2.HI/c1-3-28-18-6-4-5-16(19(18)29-20(22)23)13-26-21(24-2)25-11-12-27(17-9-10-17)14-15-7-8-15;/h4-6,15,17,20H,3,7-14H2,1-2H3,(H2,24,25,26);1H. The lowest BCUT2D eigenvalue weighted by Gasteiger charge is -2.22. The highest BCUT2D eigenvalue weighted by Crippen LogP contribution is 2.34. The Labute approximate surface area is 194 Å². The summed E-state index contributed by atoms with van der Waals surface area (Å²) in [6.45, 7) is 2.56. The van der Waals surface area contributed by atoms with Crippen LogP contribution in [-0.4, -0.2) is 56.8 Å². The molecule has 2 N–H and O–H groups in total. The average molecular weight is 538 g/mol. The Morgan fingerprint density at radius 3 is 2.60 bits per heavy atom. The van der Waals surface area contributed by atoms with Crippen molar-refractivity contribution in [2.24, 2.45) is 10.9 Å². The Hall–Kier alpha value is -1.36. The van der Waals surface area contributed by atoms with Gasteiger partial charge in [0, 0.05) is 44.8 Å². The van der Waals surface area contributed by atoms with Crippen molar-refractivity contribution in [3.63, 3.8) is 0 Å². The molecule has 1 aromatic rings. The number of hydrogen-bond donors (Lipinski definition) is 2. The van der Waals surface area contributed by atoms with Gasteiger partial charge >= 0.3 is 6.61 Å². The summed E-state index contributed by atoms with van der Waals surface area (Å²) in [7, 11) is 1.70. The van der Waals surface area contributed by atoms with Crippen LogP contribution in [-0.2, 0) is 6.54 Å². The lowest BCUT2D eigenvalue weighted by atomic mass is 10.2. The molecule has 1 aromatic carbocycles. The number of nitrogens with one attached hydrogen (secondary N) is 2. The van der Waals surface area contributed by atoms with E-state index in [1.54, 1.807) is 32.2 Å². The Morgan fingerprint density at radius 1 is 1.23 bits per heavy atom. The zero-order chi connectivity index (χ0) is 20.6. The lowest BCUT2D eigenvalue weighted by molar-refractivity contribution is -0.0520. The number of aliphatic imine (C=N–C) groups is 1. The lowest BCUT2D eigenvalue weighted by Crippen LogP contribution is -2.42. The van der Waals surface area contributed by atoms with Crippen LogP contribution in [0.3, 0.4) is 0 Å². The van der Waals surface area contributed by atoms with E-state index in [1.807, 2.05) is 0 Å². The second-order valence-electron chi connectivity index (χ2n) is 7.58. The average Bonchev–Trinajstić information content (AvgIpc) is 3.59. The van der Waals surface area contributed by atoms with Gasteiger partial charge in [-0.25, -0.2) is 0 Å². The minimum Gasteiger partial charge on any atom is -0.490 e. The van der Waals surface area contributed by atoms with Crippen LogP contribution in [0.15, 0.2) is 23.2 Å². The van der Waals surface area contributed by atoms with Gasteiger partial charge in [-0.15, -0.1) is 24.0 Å². The van der Waals surface area contributed by atoms with Crippen molar-refractivity contribution >= 4 is 29.9 Å². The molecular weight excluding hydrogens is 505 g/mol. The van der Waals surface area contributed by atoms with Gasteiger partial charge in [-0.2, -0.15) is 8.78 Å². The molecule has 30 heavy (non-hydrogen) atoms. The first-order chi connectivity index (χ1) is 14.1. The number of hydrogen-bond acceptors (Lipinski definition) is 4. The molecule has 6 nitrogen and oxygen atoms in total. The third kappa shape index (κ3) is 8.05. The van der Waals surface area contributed by atoms with E-state index >= 15 is 0 Å². The van der Waals surface area contributed by atoms with Crippen LogP contribution >= 0.6 is 24.0 Å². The van der Waals surface area contributed by atoms with E-state index in [0.717, 1.165) is 25.0 Å². The molecule has 170 valence electrons. The molecule has 0 amide bonds. The summed E-state index contributed by atoms with van der Waals surface area (Å²) in [5.41, 5.74) is 0.590. The van der Waals surface area contributed by atoms with Crippen molar-refractivity contribution in [1.82, 2.24) is 15.5 Å². The Bertz CT molecular complexity index is 685. The largest absolute Gasteiger partial charge is 0.490 e. The Kier molecular flexibility index (Phi) is 10.4. The van der Waals surface area contributed by atoms with Crippen molar-refractivity contribution in [2.45, 2.75) is 51.8 Å². The van der Waals surface area contributed by atoms with E-state index in [1.165, 1.54) is 32.2 Å². The van der Waals surface area contributed by atoms with E-state index < -0.39 is 6.61 Å². The minimum atomic E-state index is -2.91. The summed E-state index contributed by atoms with van der Waals surface area (Å²) in [6, 6.07) is 5.89. The van der Waals surface area contributed by atoms with E-state index in [9.17, 15) is 8.78 Å². The van der Waals surface area contributed by atoms with Crippen LogP contribution in [0.2, 0.25) is 0 Å². The SMILES string of the molecule is CCOc1cccc(CNC(=NC)NCCN(CC2CC2)C2CC2)c1OC(F)F.I. The van der Waals surface area contributed by atoms with Crippen molar-refractivity contribution in [1.29, 1.82) is 0 Å². The molecule has 0 spiro atoms. The number of benzene rings is 1. The number of para-hydroxylation sites is 1. The first-order valence-corrected chi connectivity index (χ1v) is 10.5. The van der Waals surface area contributed by atoms with Crippen LogP contribution in [0.5, 0.6) is 11.5 Å². The first-order valence-electron chi connectivity index (χ1n) is 10.5. The zero-order valence-corrected chi connectivity index (χ0v) is 20.0. The Morgan fingerprint density at radius 2 is 2.00 bits per heavy atom. The second-order valence-corrected chi connectivity index (χ2v) is 7.58. The summed E-state index contributed by atoms with van der Waals surface area (Å²) in [4.78, 5) is 6.82. The smallest absolute Gasteiger partial charge is 0.387 e. The molecule has 0 radical (unpaired) electrons. The van der Waals surface area contributed by atoms with Gasteiger partial charge in [0.25, 0.3) is 0 Å². The molecule has 0 aromatic heterocycles. The fourth-order valence-corrected chi connectivity index (χ4v) is 3.40. The quantitative estimate of drug-likeness (QED) is 0.241. The topological polar surface area (TPSA) is 58.1 Å². The highest BCUT2D eigenvalue weighted by Gasteiger charge is 2.33. The second kappa shape index (κ2) is 12.5. The molecule has 0 unspecified atom stereocenters. The van der Waals surface area contributed by atoms with Crippen molar-refractivity contribution < 1.29 is 18.3 Å². The van der Waals surface area contributed by atoms with Crippen LogP contribution in [0.1, 0.15) is 38.2 Å². The van der Waals surface area contributed by atoms with Crippen molar-refractivity contribution in [3.8, 4) is 11.5 Å². The van der Waals surface area contributed by atoms with Gasteiger partial charge < -0.3 is 20.1 Å². The molecule has 9 heteroatoms. The summed E-state index contributed by atoms with van der Waals surface area (Å²) in [5.74, 6) is 1.91. The normalized spacial score (nSPS) is 16.4. The Balaban J connectivity index is 0.00000320. The molecule has 0 heterocycles. The predicted molar refractivity (Wildman–Crippen MR) is 125 cm³/mol. The fraction of sp³-hybridized carbons (Fsp3) is 0.667. The molecular formula is C21H33F2IN4O2. The van der Waals surface area contributed by atoms with Crippen LogP contribution in [0.4, 0.5) is 8.78 Å². The summed E-state index contributed by atoms with van der Waals surface area (Å²) < 4.78 is 35.9. The van der Waals surface area contributed by atoms with E-state index in [0.29, 0.717) is 30.4 Å². The molecule has 0 atom stereocenters. The zero-order valence-electron chi connectivity index (χ0n) is 17.7. The highest BCUT2D eigenvalue weighted by atomic mass is 127. The number of rotatable bonds is 12. The molecule has 0 saturated heterocycles. The van der Waals surface area contributed by atoms with Crippen molar-refractivity contribution in [3.05, 3.63) is 23.8 Å². The predicted octanol–water partition coefficient (Wildman–Crippen LogP) is 3.84. The maximum atomic E-state index is 12.9. The van der Waals surface area contributed by atoms with Gasteiger partial charge in [0.05, 0.1) is 6.61 Å². The summed E-state index contributed by atoms with van der Waals surface area (Å²) >= 11 is 0. The third-order valence-corrected chi connectivity index (χ3v) is 5.18. The van der Waals surface area contributed by atoms with Crippen molar-refractivity contribution in [2.75, 3.05) is 33.3 Å². The molecule has 2 fully saturated rings. The maximum absolute atomic E-state index is 12.9. The van der Waals surface area contributed by atoms with Gasteiger partial charge in [-0.05, 0) is 44.6 Å². The number of alkyl halides is 2.